The van der Waals surface area contributed by atoms with Crippen molar-refractivity contribution in [3.8, 4) is 0 Å². The number of rotatable bonds is 3. The Kier molecular flexibility index (Phi) is 5.42. The molecular weight excluding hydrogens is 282 g/mol. The molecule has 1 aromatic rings. The number of piperidine rings is 1. The summed E-state index contributed by atoms with van der Waals surface area (Å²) in [6, 6.07) is 9.91. The molecule has 1 amide bonds. The lowest BCUT2D eigenvalue weighted by Gasteiger charge is -2.37. The molecule has 2 atom stereocenters. The number of ether oxygens (including phenoxy) is 2. The van der Waals surface area contributed by atoms with Gasteiger partial charge in [0.1, 0.15) is 11.8 Å². The van der Waals surface area contributed by atoms with Gasteiger partial charge >= 0.3 is 6.09 Å². The van der Waals surface area contributed by atoms with Gasteiger partial charge in [-0.3, -0.25) is 4.90 Å². The first kappa shape index (κ1) is 16.8. The first-order valence-electron chi connectivity index (χ1n) is 7.68. The molecule has 2 rings (SSSR count). The minimum atomic E-state index is -0.800. The fraction of sp³-hybridized carbons (Fsp3) is 0.588. The number of hydrogen-bond acceptors (Lipinski definition) is 4. The van der Waals surface area contributed by atoms with Crippen LogP contribution < -0.4 is 0 Å². The predicted molar refractivity (Wildman–Crippen MR) is 83.2 cm³/mol. The summed E-state index contributed by atoms with van der Waals surface area (Å²) in [5, 5.41) is 10.0. The Balaban J connectivity index is 1.89. The highest BCUT2D eigenvalue weighted by Gasteiger charge is 2.33. The van der Waals surface area contributed by atoms with E-state index in [2.05, 4.69) is 0 Å². The number of carbonyl (C=O) groups excluding carboxylic acids is 1. The third kappa shape index (κ3) is 5.00. The molecule has 0 spiro atoms. The summed E-state index contributed by atoms with van der Waals surface area (Å²) < 4.78 is 11.2. The molecule has 0 radical (unpaired) electrons. The van der Waals surface area contributed by atoms with Gasteiger partial charge in [-0.25, -0.2) is 4.79 Å². The molecule has 0 saturated carbocycles. The lowest BCUT2D eigenvalue weighted by molar-refractivity contribution is -0.0916. The fourth-order valence-electron chi connectivity index (χ4n) is 2.36. The molecule has 0 bridgehead atoms. The summed E-state index contributed by atoms with van der Waals surface area (Å²) >= 11 is 0. The van der Waals surface area contributed by atoms with Gasteiger partial charge in [-0.15, -0.1) is 0 Å². The Bertz CT molecular complexity index is 483. The first-order valence-corrected chi connectivity index (χ1v) is 7.68. The third-order valence-electron chi connectivity index (χ3n) is 3.46. The van der Waals surface area contributed by atoms with Gasteiger partial charge in [0.25, 0.3) is 0 Å². The molecule has 5 heteroatoms. The van der Waals surface area contributed by atoms with Crippen molar-refractivity contribution in [3.63, 3.8) is 0 Å². The van der Waals surface area contributed by atoms with Crippen LogP contribution in [-0.2, 0) is 16.1 Å². The Morgan fingerprint density at radius 3 is 2.59 bits per heavy atom. The topological polar surface area (TPSA) is 59.0 Å². The monoisotopic (exact) mass is 307 g/mol. The highest BCUT2D eigenvalue weighted by atomic mass is 16.6. The second-order valence-corrected chi connectivity index (χ2v) is 6.61. The highest BCUT2D eigenvalue weighted by Crippen LogP contribution is 2.21. The van der Waals surface area contributed by atoms with Crippen LogP contribution in [0.1, 0.15) is 39.2 Å². The summed E-state index contributed by atoms with van der Waals surface area (Å²) in [4.78, 5) is 13.5. The summed E-state index contributed by atoms with van der Waals surface area (Å²) in [6.45, 7) is 6.28. The maximum absolute atomic E-state index is 12.1. The van der Waals surface area contributed by atoms with Crippen molar-refractivity contribution in [1.82, 2.24) is 4.90 Å². The van der Waals surface area contributed by atoms with Crippen molar-refractivity contribution in [2.75, 3.05) is 6.54 Å². The van der Waals surface area contributed by atoms with Crippen molar-refractivity contribution >= 4 is 6.09 Å². The molecule has 5 nitrogen and oxygen atoms in total. The van der Waals surface area contributed by atoms with Gasteiger partial charge in [0, 0.05) is 0 Å². The van der Waals surface area contributed by atoms with Gasteiger partial charge in [-0.2, -0.15) is 0 Å². The van der Waals surface area contributed by atoms with Gasteiger partial charge in [-0.05, 0) is 39.2 Å². The van der Waals surface area contributed by atoms with Gasteiger partial charge in [0.2, 0.25) is 0 Å². The van der Waals surface area contributed by atoms with E-state index < -0.39 is 17.9 Å². The normalized spacial score (nSPS) is 22.5. The Hall–Kier alpha value is -1.59. The molecule has 0 aliphatic carbocycles. The maximum atomic E-state index is 12.1. The van der Waals surface area contributed by atoms with Crippen molar-refractivity contribution in [2.45, 2.75) is 58.2 Å². The van der Waals surface area contributed by atoms with Gasteiger partial charge in [0.15, 0.2) is 0 Å². The Morgan fingerprint density at radius 2 is 1.95 bits per heavy atom. The first-order chi connectivity index (χ1) is 10.3. The average molecular weight is 307 g/mol. The quantitative estimate of drug-likeness (QED) is 0.933. The zero-order valence-electron chi connectivity index (χ0n) is 13.5. The third-order valence-corrected chi connectivity index (χ3v) is 3.46. The van der Waals surface area contributed by atoms with E-state index in [1.54, 1.807) is 0 Å². The zero-order chi connectivity index (χ0) is 16.2. The van der Waals surface area contributed by atoms with Crippen molar-refractivity contribution < 1.29 is 19.4 Å². The molecule has 1 aliphatic rings. The van der Waals surface area contributed by atoms with E-state index in [4.69, 9.17) is 9.47 Å². The molecular formula is C17H25NO4. The number of amides is 1. The predicted octanol–water partition coefficient (Wildman–Crippen LogP) is 2.92. The van der Waals surface area contributed by atoms with Crippen molar-refractivity contribution in [2.24, 2.45) is 0 Å². The fourth-order valence-corrected chi connectivity index (χ4v) is 2.36. The number of benzene rings is 1. The van der Waals surface area contributed by atoms with Gasteiger partial charge < -0.3 is 14.6 Å². The van der Waals surface area contributed by atoms with Crippen LogP contribution in [0.2, 0.25) is 0 Å². The van der Waals surface area contributed by atoms with Crippen molar-refractivity contribution in [1.29, 1.82) is 0 Å². The van der Waals surface area contributed by atoms with Crippen LogP contribution in [0.25, 0.3) is 0 Å². The van der Waals surface area contributed by atoms with Crippen LogP contribution in [0.5, 0.6) is 0 Å². The van der Waals surface area contributed by atoms with Crippen LogP contribution >= 0.6 is 0 Å². The number of hydrogen-bond donors (Lipinski definition) is 1. The molecule has 1 fully saturated rings. The van der Waals surface area contributed by atoms with E-state index in [0.29, 0.717) is 19.6 Å². The molecule has 1 unspecified atom stereocenters. The second kappa shape index (κ2) is 7.11. The largest absolute Gasteiger partial charge is 0.444 e. The summed E-state index contributed by atoms with van der Waals surface area (Å²) in [5.41, 5.74) is 0.520. The molecule has 1 aliphatic heterocycles. The average Bonchev–Trinajstić information content (AvgIpc) is 2.45. The second-order valence-electron chi connectivity index (χ2n) is 6.61. The SMILES string of the molecule is CC(C)(C)OC(=O)N1C[C@@H](OCc2ccccc2)CCC1O. The molecule has 1 aromatic carbocycles. The van der Waals surface area contributed by atoms with Crippen LogP contribution in [0, 0.1) is 0 Å². The standard InChI is InChI=1S/C17H25NO4/c1-17(2,3)22-16(20)18-11-14(9-10-15(18)19)21-12-13-7-5-4-6-8-13/h4-8,14-15,19H,9-12H2,1-3H3/t14-,15?/m0/s1. The number of aliphatic hydroxyl groups is 1. The van der Waals surface area contributed by atoms with Crippen LogP contribution in [0.4, 0.5) is 4.79 Å². The van der Waals surface area contributed by atoms with Gasteiger partial charge in [-0.1, -0.05) is 30.3 Å². The number of carbonyl (C=O) groups is 1. The Morgan fingerprint density at radius 1 is 1.27 bits per heavy atom. The molecule has 0 aromatic heterocycles. The Labute approximate surface area is 131 Å². The van der Waals surface area contributed by atoms with Gasteiger partial charge in [0.05, 0.1) is 19.3 Å². The van der Waals surface area contributed by atoms with E-state index in [-0.39, 0.29) is 6.10 Å². The number of nitrogens with zero attached hydrogens (tertiary/aromatic N) is 1. The van der Waals surface area contributed by atoms with Crippen LogP contribution in [-0.4, -0.2) is 40.6 Å². The lowest BCUT2D eigenvalue weighted by Crippen LogP contribution is -2.50. The van der Waals surface area contributed by atoms with Crippen LogP contribution in [0.3, 0.4) is 0 Å². The van der Waals surface area contributed by atoms with E-state index in [0.717, 1.165) is 12.0 Å². The number of likely N-dealkylation sites (tertiary alicyclic amines) is 1. The van der Waals surface area contributed by atoms with Crippen molar-refractivity contribution in [3.05, 3.63) is 35.9 Å². The molecule has 1 N–H and O–H groups in total. The van der Waals surface area contributed by atoms with E-state index >= 15 is 0 Å². The van der Waals surface area contributed by atoms with E-state index in [1.165, 1.54) is 4.90 Å². The molecule has 122 valence electrons. The smallest absolute Gasteiger partial charge is 0.412 e. The van der Waals surface area contributed by atoms with E-state index in [1.807, 2.05) is 51.1 Å². The number of aliphatic hydroxyl groups excluding tert-OH is 1. The highest BCUT2D eigenvalue weighted by molar-refractivity contribution is 5.68. The molecule has 22 heavy (non-hydrogen) atoms. The summed E-state index contributed by atoms with van der Waals surface area (Å²) in [6.07, 6.45) is -0.151. The molecule has 1 saturated heterocycles. The maximum Gasteiger partial charge on any atom is 0.412 e. The van der Waals surface area contributed by atoms with E-state index in [9.17, 15) is 9.90 Å². The van der Waals surface area contributed by atoms with Crippen LogP contribution in [0.15, 0.2) is 30.3 Å². The molecule has 1 heterocycles. The summed E-state index contributed by atoms with van der Waals surface area (Å²) in [7, 11) is 0. The zero-order valence-corrected chi connectivity index (χ0v) is 13.5. The lowest BCUT2D eigenvalue weighted by atomic mass is 10.1. The minimum absolute atomic E-state index is 0.0869. The summed E-state index contributed by atoms with van der Waals surface area (Å²) in [5.74, 6) is 0. The minimum Gasteiger partial charge on any atom is -0.444 e.